The summed E-state index contributed by atoms with van der Waals surface area (Å²) in [6.45, 7) is 2.08. The number of likely N-dealkylation sites (N-methyl/N-ethyl adjacent to an activating group) is 1. The molecule has 0 spiro atoms. The molecule has 0 bridgehead atoms. The summed E-state index contributed by atoms with van der Waals surface area (Å²) in [6, 6.07) is 0.395. The molecule has 0 aliphatic heterocycles. The number of hydrogen-bond acceptors (Lipinski definition) is 3. The SMILES string of the molecule is CNC(C)Cc1ncc(Cl)cn1. The van der Waals surface area contributed by atoms with E-state index in [-0.39, 0.29) is 0 Å². The minimum Gasteiger partial charge on any atom is -0.317 e. The lowest BCUT2D eigenvalue weighted by molar-refractivity contribution is 0.591. The lowest BCUT2D eigenvalue weighted by atomic mass is 10.2. The van der Waals surface area contributed by atoms with Gasteiger partial charge >= 0.3 is 0 Å². The van der Waals surface area contributed by atoms with Crippen molar-refractivity contribution in [3.63, 3.8) is 0 Å². The molecule has 0 aliphatic rings. The number of aromatic nitrogens is 2. The van der Waals surface area contributed by atoms with Crippen LogP contribution >= 0.6 is 11.6 Å². The quantitative estimate of drug-likeness (QED) is 0.771. The number of rotatable bonds is 3. The minimum atomic E-state index is 0.395. The lowest BCUT2D eigenvalue weighted by Gasteiger charge is -2.07. The summed E-state index contributed by atoms with van der Waals surface area (Å²) >= 11 is 5.64. The Hall–Kier alpha value is -0.670. The molecule has 1 unspecified atom stereocenters. The predicted molar refractivity (Wildman–Crippen MR) is 49.3 cm³/mol. The molecule has 3 nitrogen and oxygen atoms in total. The first-order valence-electron chi connectivity index (χ1n) is 3.86. The maximum atomic E-state index is 5.64. The van der Waals surface area contributed by atoms with Gasteiger partial charge in [0.1, 0.15) is 5.82 Å². The van der Waals surface area contributed by atoms with Gasteiger partial charge in [0, 0.05) is 24.9 Å². The van der Waals surface area contributed by atoms with Crippen molar-refractivity contribution in [2.75, 3.05) is 7.05 Å². The second kappa shape index (κ2) is 4.38. The van der Waals surface area contributed by atoms with E-state index < -0.39 is 0 Å². The van der Waals surface area contributed by atoms with Gasteiger partial charge in [-0.05, 0) is 14.0 Å². The molecule has 0 amide bonds. The Balaban J connectivity index is 2.58. The van der Waals surface area contributed by atoms with E-state index in [1.165, 1.54) is 0 Å². The summed E-state index contributed by atoms with van der Waals surface area (Å²) in [4.78, 5) is 8.17. The third kappa shape index (κ3) is 2.75. The topological polar surface area (TPSA) is 37.8 Å². The van der Waals surface area contributed by atoms with E-state index in [1.807, 2.05) is 7.05 Å². The van der Waals surface area contributed by atoms with Gasteiger partial charge in [0.25, 0.3) is 0 Å². The first-order valence-corrected chi connectivity index (χ1v) is 4.24. The molecule has 1 heterocycles. The van der Waals surface area contributed by atoms with Crippen LogP contribution in [0.4, 0.5) is 0 Å². The van der Waals surface area contributed by atoms with E-state index in [9.17, 15) is 0 Å². The summed E-state index contributed by atoms with van der Waals surface area (Å²) in [7, 11) is 1.92. The van der Waals surface area contributed by atoms with Gasteiger partial charge in [0.05, 0.1) is 5.02 Å². The first kappa shape index (κ1) is 9.42. The molecule has 12 heavy (non-hydrogen) atoms. The Kier molecular flexibility index (Phi) is 3.44. The van der Waals surface area contributed by atoms with Gasteiger partial charge in [0.15, 0.2) is 0 Å². The lowest BCUT2D eigenvalue weighted by Crippen LogP contribution is -2.24. The Morgan fingerprint density at radius 1 is 1.50 bits per heavy atom. The van der Waals surface area contributed by atoms with Gasteiger partial charge in [-0.3, -0.25) is 0 Å². The van der Waals surface area contributed by atoms with Crippen LogP contribution in [0.5, 0.6) is 0 Å². The summed E-state index contributed by atoms with van der Waals surface area (Å²) in [6.07, 6.45) is 4.06. The molecule has 4 heteroatoms. The first-order chi connectivity index (χ1) is 5.72. The highest BCUT2D eigenvalue weighted by atomic mass is 35.5. The van der Waals surface area contributed by atoms with Crippen LogP contribution in [0.15, 0.2) is 12.4 Å². The van der Waals surface area contributed by atoms with Crippen LogP contribution in [0.25, 0.3) is 0 Å². The molecule has 0 saturated heterocycles. The van der Waals surface area contributed by atoms with E-state index in [0.29, 0.717) is 11.1 Å². The van der Waals surface area contributed by atoms with Gasteiger partial charge in [-0.25, -0.2) is 9.97 Å². The summed E-state index contributed by atoms with van der Waals surface area (Å²) in [5.41, 5.74) is 0. The third-order valence-electron chi connectivity index (χ3n) is 1.66. The van der Waals surface area contributed by atoms with Crippen molar-refractivity contribution < 1.29 is 0 Å². The summed E-state index contributed by atoms with van der Waals surface area (Å²) in [5, 5.41) is 3.69. The molecule has 1 rings (SSSR count). The zero-order chi connectivity index (χ0) is 8.97. The van der Waals surface area contributed by atoms with Crippen molar-refractivity contribution in [3.8, 4) is 0 Å². The van der Waals surface area contributed by atoms with Crippen molar-refractivity contribution in [2.45, 2.75) is 19.4 Å². The van der Waals surface area contributed by atoms with Crippen molar-refractivity contribution >= 4 is 11.6 Å². The zero-order valence-electron chi connectivity index (χ0n) is 7.21. The predicted octanol–water partition coefficient (Wildman–Crippen LogP) is 1.28. The van der Waals surface area contributed by atoms with Crippen LogP contribution in [0.2, 0.25) is 5.02 Å². The molecule has 0 aliphatic carbocycles. The highest BCUT2D eigenvalue weighted by Crippen LogP contribution is 2.03. The Bertz CT molecular complexity index is 235. The minimum absolute atomic E-state index is 0.395. The number of nitrogens with zero attached hydrogens (tertiary/aromatic N) is 2. The largest absolute Gasteiger partial charge is 0.317 e. The zero-order valence-corrected chi connectivity index (χ0v) is 7.97. The second-order valence-corrected chi connectivity index (χ2v) is 3.15. The number of halogens is 1. The monoisotopic (exact) mass is 185 g/mol. The summed E-state index contributed by atoms with van der Waals surface area (Å²) < 4.78 is 0. The van der Waals surface area contributed by atoms with Crippen molar-refractivity contribution in [3.05, 3.63) is 23.2 Å². The molecule has 0 fully saturated rings. The van der Waals surface area contributed by atoms with Crippen LogP contribution in [0, 0.1) is 0 Å². The van der Waals surface area contributed by atoms with E-state index in [4.69, 9.17) is 11.6 Å². The molecule has 0 aromatic carbocycles. The fourth-order valence-corrected chi connectivity index (χ4v) is 0.918. The average molecular weight is 186 g/mol. The van der Waals surface area contributed by atoms with E-state index in [2.05, 4.69) is 22.2 Å². The maximum absolute atomic E-state index is 5.64. The van der Waals surface area contributed by atoms with Crippen molar-refractivity contribution in [2.24, 2.45) is 0 Å². The highest BCUT2D eigenvalue weighted by Gasteiger charge is 2.02. The van der Waals surface area contributed by atoms with E-state index in [1.54, 1.807) is 12.4 Å². The van der Waals surface area contributed by atoms with Gasteiger partial charge in [-0.1, -0.05) is 11.6 Å². The maximum Gasteiger partial charge on any atom is 0.129 e. The van der Waals surface area contributed by atoms with Gasteiger partial charge in [-0.2, -0.15) is 0 Å². The Morgan fingerprint density at radius 3 is 2.58 bits per heavy atom. The standard InChI is InChI=1S/C8H12ClN3/c1-6(10-2)3-8-11-4-7(9)5-12-8/h4-6,10H,3H2,1-2H3. The number of nitrogens with one attached hydrogen (secondary N) is 1. The van der Waals surface area contributed by atoms with Crippen LogP contribution in [-0.2, 0) is 6.42 Å². The van der Waals surface area contributed by atoms with Crippen LogP contribution in [0.1, 0.15) is 12.7 Å². The number of hydrogen-bond donors (Lipinski definition) is 1. The fourth-order valence-electron chi connectivity index (χ4n) is 0.820. The highest BCUT2D eigenvalue weighted by molar-refractivity contribution is 6.30. The normalized spacial score (nSPS) is 12.9. The Labute approximate surface area is 77.2 Å². The van der Waals surface area contributed by atoms with E-state index in [0.717, 1.165) is 12.2 Å². The molecule has 66 valence electrons. The average Bonchev–Trinajstić information content (AvgIpc) is 2.09. The molecular weight excluding hydrogens is 174 g/mol. The fraction of sp³-hybridized carbons (Fsp3) is 0.500. The Morgan fingerprint density at radius 2 is 2.08 bits per heavy atom. The molecular formula is C8H12ClN3. The van der Waals surface area contributed by atoms with E-state index >= 15 is 0 Å². The van der Waals surface area contributed by atoms with Crippen LogP contribution in [0.3, 0.4) is 0 Å². The smallest absolute Gasteiger partial charge is 0.129 e. The molecule has 1 aromatic heterocycles. The van der Waals surface area contributed by atoms with Crippen molar-refractivity contribution in [1.29, 1.82) is 0 Å². The molecule has 1 atom stereocenters. The van der Waals surface area contributed by atoms with Gasteiger partial charge in [0.2, 0.25) is 0 Å². The van der Waals surface area contributed by atoms with Crippen molar-refractivity contribution in [1.82, 2.24) is 15.3 Å². The van der Waals surface area contributed by atoms with Crippen LogP contribution in [-0.4, -0.2) is 23.1 Å². The molecule has 0 saturated carbocycles. The van der Waals surface area contributed by atoms with Crippen LogP contribution < -0.4 is 5.32 Å². The van der Waals surface area contributed by atoms with Gasteiger partial charge in [-0.15, -0.1) is 0 Å². The molecule has 1 N–H and O–H groups in total. The summed E-state index contributed by atoms with van der Waals surface area (Å²) in [5.74, 6) is 0.821. The third-order valence-corrected chi connectivity index (χ3v) is 1.85. The van der Waals surface area contributed by atoms with Gasteiger partial charge < -0.3 is 5.32 Å². The second-order valence-electron chi connectivity index (χ2n) is 2.71. The molecule has 1 aromatic rings. The molecule has 0 radical (unpaired) electrons.